The Bertz CT molecular complexity index is 597. The SMILES string of the molecule is CC(C)CCC[C@@H](C)[C@H]1CCC2=C3CCC4C(C)CCC[C@]4(C)[C@H]3CC[C@@]21C. The van der Waals surface area contributed by atoms with Gasteiger partial charge in [0.05, 0.1) is 0 Å². The van der Waals surface area contributed by atoms with Crippen LogP contribution < -0.4 is 0 Å². The first kappa shape index (κ1) is 21.0. The first-order chi connectivity index (χ1) is 13.3. The van der Waals surface area contributed by atoms with Gasteiger partial charge in [0.15, 0.2) is 0 Å². The van der Waals surface area contributed by atoms with Gasteiger partial charge in [0, 0.05) is 0 Å². The van der Waals surface area contributed by atoms with E-state index in [-0.39, 0.29) is 0 Å². The fourth-order valence-electron chi connectivity index (χ4n) is 9.03. The van der Waals surface area contributed by atoms with Crippen molar-refractivity contribution in [3.63, 3.8) is 0 Å². The van der Waals surface area contributed by atoms with Crippen molar-refractivity contribution in [1.29, 1.82) is 0 Å². The molecule has 3 fully saturated rings. The van der Waals surface area contributed by atoms with E-state index in [9.17, 15) is 0 Å². The van der Waals surface area contributed by atoms with Crippen molar-refractivity contribution in [2.45, 2.75) is 119 Å². The first-order valence-corrected chi connectivity index (χ1v) is 13.0. The van der Waals surface area contributed by atoms with Gasteiger partial charge in [0.25, 0.3) is 0 Å². The predicted molar refractivity (Wildman–Crippen MR) is 122 cm³/mol. The number of hydrogen-bond donors (Lipinski definition) is 0. The summed E-state index contributed by atoms with van der Waals surface area (Å²) in [6.45, 7) is 15.3. The van der Waals surface area contributed by atoms with E-state index < -0.39 is 0 Å². The van der Waals surface area contributed by atoms with E-state index in [1.807, 2.05) is 11.1 Å². The molecule has 0 aliphatic heterocycles. The molecule has 0 N–H and O–H groups in total. The van der Waals surface area contributed by atoms with Crippen LogP contribution in [0.3, 0.4) is 0 Å². The second kappa shape index (κ2) is 7.77. The van der Waals surface area contributed by atoms with Gasteiger partial charge >= 0.3 is 0 Å². The van der Waals surface area contributed by atoms with Crippen LogP contribution >= 0.6 is 0 Å². The van der Waals surface area contributed by atoms with Crippen molar-refractivity contribution in [1.82, 2.24) is 0 Å². The van der Waals surface area contributed by atoms with Crippen LogP contribution in [0.1, 0.15) is 119 Å². The van der Waals surface area contributed by atoms with Gasteiger partial charge in [-0.1, -0.05) is 84.8 Å². The molecular weight excluding hydrogens is 336 g/mol. The lowest BCUT2D eigenvalue weighted by atomic mass is 9.47. The molecule has 0 aromatic carbocycles. The Kier molecular flexibility index (Phi) is 5.83. The summed E-state index contributed by atoms with van der Waals surface area (Å²) in [4.78, 5) is 0. The van der Waals surface area contributed by atoms with Crippen molar-refractivity contribution in [3.05, 3.63) is 11.1 Å². The second-order valence-corrected chi connectivity index (χ2v) is 12.5. The molecule has 0 nitrogen and oxygen atoms in total. The lowest BCUT2D eigenvalue weighted by Crippen LogP contribution is -2.48. The molecule has 4 rings (SSSR count). The first-order valence-electron chi connectivity index (χ1n) is 13.0. The van der Waals surface area contributed by atoms with Crippen LogP contribution in [-0.2, 0) is 0 Å². The van der Waals surface area contributed by atoms with Gasteiger partial charge < -0.3 is 0 Å². The monoisotopic (exact) mass is 384 g/mol. The number of rotatable bonds is 5. The minimum atomic E-state index is 0.548. The summed E-state index contributed by atoms with van der Waals surface area (Å²) in [5.41, 5.74) is 5.16. The molecule has 2 unspecified atom stereocenters. The molecule has 28 heavy (non-hydrogen) atoms. The maximum atomic E-state index is 2.71. The summed E-state index contributed by atoms with van der Waals surface area (Å²) in [6, 6.07) is 0. The van der Waals surface area contributed by atoms with Crippen LogP contribution in [0.25, 0.3) is 0 Å². The maximum Gasteiger partial charge on any atom is -0.00825 e. The molecule has 3 saturated carbocycles. The zero-order chi connectivity index (χ0) is 20.1. The molecule has 0 spiro atoms. The Balaban J connectivity index is 1.55. The topological polar surface area (TPSA) is 0 Å². The Hall–Kier alpha value is -0.260. The fourth-order valence-corrected chi connectivity index (χ4v) is 9.03. The highest BCUT2D eigenvalue weighted by Gasteiger charge is 2.55. The Morgan fingerprint density at radius 1 is 0.929 bits per heavy atom. The zero-order valence-electron chi connectivity index (χ0n) is 19.9. The Labute approximate surface area is 176 Å². The lowest BCUT2D eigenvalue weighted by Gasteiger charge is -2.57. The third-order valence-corrected chi connectivity index (χ3v) is 10.5. The van der Waals surface area contributed by atoms with Crippen LogP contribution in [0, 0.1) is 46.3 Å². The molecule has 0 amide bonds. The molecule has 4 aliphatic carbocycles. The molecule has 7 atom stereocenters. The molecule has 0 heterocycles. The van der Waals surface area contributed by atoms with Crippen LogP contribution in [0.5, 0.6) is 0 Å². The fraction of sp³-hybridized carbons (Fsp3) is 0.929. The number of allylic oxidation sites excluding steroid dienone is 2. The van der Waals surface area contributed by atoms with E-state index in [1.54, 1.807) is 0 Å². The van der Waals surface area contributed by atoms with Gasteiger partial charge in [0.2, 0.25) is 0 Å². The van der Waals surface area contributed by atoms with Gasteiger partial charge in [-0.05, 0) is 91.3 Å². The van der Waals surface area contributed by atoms with Gasteiger partial charge in [0.1, 0.15) is 0 Å². The van der Waals surface area contributed by atoms with Crippen LogP contribution in [0.4, 0.5) is 0 Å². The predicted octanol–water partition coefficient (Wildman–Crippen LogP) is 8.81. The minimum absolute atomic E-state index is 0.548. The number of fused-ring (bicyclic) bond motifs is 4. The molecular formula is C28H48. The summed E-state index contributed by atoms with van der Waals surface area (Å²) in [5.74, 6) is 5.65. The molecule has 0 heteroatoms. The van der Waals surface area contributed by atoms with Crippen molar-refractivity contribution in [3.8, 4) is 0 Å². The van der Waals surface area contributed by atoms with E-state index in [2.05, 4.69) is 41.5 Å². The Morgan fingerprint density at radius 3 is 2.46 bits per heavy atom. The molecule has 0 aromatic rings. The minimum Gasteiger partial charge on any atom is -0.0668 e. The molecule has 0 aromatic heterocycles. The normalized spacial score (nSPS) is 44.2. The zero-order valence-corrected chi connectivity index (χ0v) is 19.9. The molecule has 0 bridgehead atoms. The van der Waals surface area contributed by atoms with E-state index in [4.69, 9.17) is 0 Å². The third kappa shape index (κ3) is 3.33. The van der Waals surface area contributed by atoms with Gasteiger partial charge in [-0.2, -0.15) is 0 Å². The Morgan fingerprint density at radius 2 is 1.71 bits per heavy atom. The average Bonchev–Trinajstić information content (AvgIpc) is 2.98. The van der Waals surface area contributed by atoms with Gasteiger partial charge in [-0.25, -0.2) is 0 Å². The van der Waals surface area contributed by atoms with Crippen LogP contribution in [0.2, 0.25) is 0 Å². The van der Waals surface area contributed by atoms with E-state index in [0.717, 1.165) is 35.5 Å². The summed E-state index contributed by atoms with van der Waals surface area (Å²) >= 11 is 0. The van der Waals surface area contributed by atoms with E-state index >= 15 is 0 Å². The molecule has 160 valence electrons. The average molecular weight is 385 g/mol. The standard InChI is InChI=1S/C28H48/c1-19(2)9-7-10-20(3)24-14-15-25-22-12-13-23-21(4)11-8-17-27(23,5)26(22)16-18-28(24,25)6/h19-21,23-24,26H,7-18H2,1-6H3/t20-,21?,23?,24-,26+,27+,28-/m1/s1. The van der Waals surface area contributed by atoms with Crippen LogP contribution in [0.15, 0.2) is 11.1 Å². The second-order valence-electron chi connectivity index (χ2n) is 12.5. The molecule has 0 radical (unpaired) electrons. The van der Waals surface area contributed by atoms with Crippen molar-refractivity contribution in [2.75, 3.05) is 0 Å². The lowest BCUT2D eigenvalue weighted by molar-refractivity contribution is -0.0201. The number of hydrogen-bond acceptors (Lipinski definition) is 0. The highest BCUT2D eigenvalue weighted by molar-refractivity contribution is 5.34. The van der Waals surface area contributed by atoms with Crippen LogP contribution in [-0.4, -0.2) is 0 Å². The smallest absolute Gasteiger partial charge is 0.00825 e. The van der Waals surface area contributed by atoms with Gasteiger partial charge in [-0.15, -0.1) is 0 Å². The third-order valence-electron chi connectivity index (χ3n) is 10.5. The molecule has 0 saturated heterocycles. The summed E-state index contributed by atoms with van der Waals surface area (Å²) < 4.78 is 0. The van der Waals surface area contributed by atoms with E-state index in [0.29, 0.717) is 10.8 Å². The highest BCUT2D eigenvalue weighted by atomic mass is 14.6. The van der Waals surface area contributed by atoms with Gasteiger partial charge in [-0.3, -0.25) is 0 Å². The van der Waals surface area contributed by atoms with E-state index in [1.165, 1.54) is 77.0 Å². The van der Waals surface area contributed by atoms with Crippen molar-refractivity contribution >= 4 is 0 Å². The van der Waals surface area contributed by atoms with Crippen molar-refractivity contribution < 1.29 is 0 Å². The summed E-state index contributed by atoms with van der Waals surface area (Å²) in [6.07, 6.45) is 17.7. The summed E-state index contributed by atoms with van der Waals surface area (Å²) in [5, 5.41) is 0. The molecule has 4 aliphatic rings. The quantitative estimate of drug-likeness (QED) is 0.415. The largest absolute Gasteiger partial charge is 0.0668 e. The summed E-state index contributed by atoms with van der Waals surface area (Å²) in [7, 11) is 0. The maximum absolute atomic E-state index is 2.71. The highest BCUT2D eigenvalue weighted by Crippen LogP contribution is 2.66. The van der Waals surface area contributed by atoms with Crippen molar-refractivity contribution in [2.24, 2.45) is 46.3 Å².